The number of hydrogen-bond acceptors (Lipinski definition) is 3. The maximum atomic E-state index is 10.8. The van der Waals surface area contributed by atoms with E-state index in [-0.39, 0.29) is 5.78 Å². The molecule has 1 atom stereocenters. The van der Waals surface area contributed by atoms with Crippen molar-refractivity contribution >= 4 is 12.3 Å². The highest BCUT2D eigenvalue weighted by Crippen LogP contribution is 2.17. The van der Waals surface area contributed by atoms with E-state index in [1.165, 1.54) is 0 Å². The highest BCUT2D eigenvalue weighted by Gasteiger charge is 2.12. The number of carbonyl (C=O) groups is 2. The number of allylic oxidation sites excluding steroid dienone is 2. The van der Waals surface area contributed by atoms with Gasteiger partial charge in [0.15, 0.2) is 5.78 Å². The molecule has 3 nitrogen and oxygen atoms in total. The van der Waals surface area contributed by atoms with E-state index in [4.69, 9.17) is 0 Å². The van der Waals surface area contributed by atoms with Gasteiger partial charge in [0, 0.05) is 6.42 Å². The monoisotopic (exact) mass is 168 g/mol. The van der Waals surface area contributed by atoms with Crippen molar-refractivity contribution in [1.82, 2.24) is 0 Å². The summed E-state index contributed by atoms with van der Waals surface area (Å²) in [6.07, 6.45) is 5.86. The Morgan fingerprint density at radius 1 is 1.67 bits per heavy atom. The Bertz CT molecular complexity index is 196. The van der Waals surface area contributed by atoms with Crippen molar-refractivity contribution in [3.8, 4) is 0 Å². The molecule has 12 heavy (non-hydrogen) atoms. The first-order valence-corrected chi connectivity index (χ1v) is 4.09. The van der Waals surface area contributed by atoms with Crippen LogP contribution in [0.1, 0.15) is 19.3 Å². The number of ketones is 1. The van der Waals surface area contributed by atoms with Gasteiger partial charge in [-0.05, 0) is 24.8 Å². The largest absolute Gasteiger partial charge is 0.468 e. The summed E-state index contributed by atoms with van der Waals surface area (Å²) in [6, 6.07) is 0. The Morgan fingerprint density at radius 3 is 3.08 bits per heavy atom. The highest BCUT2D eigenvalue weighted by molar-refractivity contribution is 5.90. The molecule has 0 aliphatic heterocycles. The van der Waals surface area contributed by atoms with E-state index < -0.39 is 0 Å². The molecule has 0 aromatic heterocycles. The number of carbonyl (C=O) groups excluding carboxylic acids is 2. The van der Waals surface area contributed by atoms with Gasteiger partial charge in [0.2, 0.25) is 0 Å². The minimum absolute atomic E-state index is 0.197. The van der Waals surface area contributed by atoms with Crippen LogP contribution in [0.4, 0.5) is 0 Å². The minimum atomic E-state index is 0.197. The summed E-state index contributed by atoms with van der Waals surface area (Å²) >= 11 is 0. The van der Waals surface area contributed by atoms with Crippen LogP contribution >= 0.6 is 0 Å². The smallest absolute Gasteiger partial charge is 0.293 e. The van der Waals surface area contributed by atoms with Crippen molar-refractivity contribution in [2.45, 2.75) is 19.3 Å². The maximum Gasteiger partial charge on any atom is 0.293 e. The zero-order valence-electron chi connectivity index (χ0n) is 6.86. The van der Waals surface area contributed by atoms with Crippen LogP contribution in [0.2, 0.25) is 0 Å². The molecule has 1 rings (SSSR count). The Kier molecular flexibility index (Phi) is 3.51. The topological polar surface area (TPSA) is 43.4 Å². The zero-order valence-corrected chi connectivity index (χ0v) is 6.86. The molecule has 3 heteroatoms. The van der Waals surface area contributed by atoms with Gasteiger partial charge in [-0.25, -0.2) is 0 Å². The first-order valence-electron chi connectivity index (χ1n) is 4.09. The summed E-state index contributed by atoms with van der Waals surface area (Å²) in [5.41, 5.74) is 0. The van der Waals surface area contributed by atoms with Gasteiger partial charge in [0.25, 0.3) is 6.47 Å². The SMILES string of the molecule is O=COCCC1C=CC(=O)CC1. The summed E-state index contributed by atoms with van der Waals surface area (Å²) in [5, 5.41) is 0. The molecule has 1 aliphatic rings. The predicted octanol–water partition coefficient (Wildman–Crippen LogP) is 1.08. The van der Waals surface area contributed by atoms with Crippen molar-refractivity contribution in [3.63, 3.8) is 0 Å². The molecular formula is C9H12O3. The lowest BCUT2D eigenvalue weighted by atomic mass is 9.93. The van der Waals surface area contributed by atoms with E-state index in [1.54, 1.807) is 6.08 Å². The first kappa shape index (κ1) is 8.97. The minimum Gasteiger partial charge on any atom is -0.468 e. The summed E-state index contributed by atoms with van der Waals surface area (Å²) in [4.78, 5) is 20.6. The molecule has 0 saturated carbocycles. The third-order valence-corrected chi connectivity index (χ3v) is 1.99. The fourth-order valence-corrected chi connectivity index (χ4v) is 1.26. The van der Waals surface area contributed by atoms with Gasteiger partial charge in [0.05, 0.1) is 6.61 Å². The third-order valence-electron chi connectivity index (χ3n) is 1.99. The average Bonchev–Trinajstić information content (AvgIpc) is 2.09. The van der Waals surface area contributed by atoms with Gasteiger partial charge >= 0.3 is 0 Å². The summed E-state index contributed by atoms with van der Waals surface area (Å²) in [7, 11) is 0. The van der Waals surface area contributed by atoms with Crippen molar-refractivity contribution < 1.29 is 14.3 Å². The molecule has 0 aromatic rings. The summed E-state index contributed by atoms with van der Waals surface area (Å²) in [6.45, 7) is 0.907. The Hall–Kier alpha value is -1.12. The van der Waals surface area contributed by atoms with Crippen molar-refractivity contribution in [3.05, 3.63) is 12.2 Å². The van der Waals surface area contributed by atoms with Crippen LogP contribution in [0.3, 0.4) is 0 Å². The molecule has 1 unspecified atom stereocenters. The normalized spacial score (nSPS) is 22.3. The first-order chi connectivity index (χ1) is 5.83. The molecule has 0 radical (unpaired) electrons. The lowest BCUT2D eigenvalue weighted by molar-refractivity contribution is -0.129. The molecule has 0 N–H and O–H groups in total. The molecule has 0 fully saturated rings. The summed E-state index contributed by atoms with van der Waals surface area (Å²) < 4.78 is 4.56. The standard InChI is InChI=1S/C9H12O3/c10-7-12-6-5-8-1-3-9(11)4-2-8/h1,3,7-8H,2,4-6H2. The highest BCUT2D eigenvalue weighted by atomic mass is 16.5. The number of hydrogen-bond donors (Lipinski definition) is 0. The average molecular weight is 168 g/mol. The second kappa shape index (κ2) is 4.70. The molecule has 0 amide bonds. The fourth-order valence-electron chi connectivity index (χ4n) is 1.26. The van der Waals surface area contributed by atoms with E-state index in [0.717, 1.165) is 12.8 Å². The molecule has 0 spiro atoms. The van der Waals surface area contributed by atoms with Gasteiger partial charge in [-0.1, -0.05) is 6.08 Å². The van der Waals surface area contributed by atoms with Gasteiger partial charge in [-0.3, -0.25) is 9.59 Å². The van der Waals surface area contributed by atoms with Crippen LogP contribution in [0, 0.1) is 5.92 Å². The van der Waals surface area contributed by atoms with Crippen LogP contribution in [0.25, 0.3) is 0 Å². The molecule has 1 aliphatic carbocycles. The number of ether oxygens (including phenoxy) is 1. The second-order valence-electron chi connectivity index (χ2n) is 2.88. The zero-order chi connectivity index (χ0) is 8.81. The van der Waals surface area contributed by atoms with E-state index in [2.05, 4.69) is 4.74 Å². The molecule has 66 valence electrons. The Labute approximate surface area is 71.4 Å². The number of rotatable bonds is 4. The third kappa shape index (κ3) is 2.86. The fraction of sp³-hybridized carbons (Fsp3) is 0.556. The van der Waals surface area contributed by atoms with Crippen molar-refractivity contribution in [2.75, 3.05) is 6.61 Å². The van der Waals surface area contributed by atoms with E-state index in [9.17, 15) is 9.59 Å². The van der Waals surface area contributed by atoms with Crippen LogP contribution in [0.5, 0.6) is 0 Å². The summed E-state index contributed by atoms with van der Waals surface area (Å²) in [5.74, 6) is 0.602. The van der Waals surface area contributed by atoms with Crippen molar-refractivity contribution in [2.24, 2.45) is 5.92 Å². The van der Waals surface area contributed by atoms with Gasteiger partial charge in [0.1, 0.15) is 0 Å². The van der Waals surface area contributed by atoms with Gasteiger partial charge in [-0.2, -0.15) is 0 Å². The molecular weight excluding hydrogens is 156 g/mol. The van der Waals surface area contributed by atoms with Crippen molar-refractivity contribution in [1.29, 1.82) is 0 Å². The Morgan fingerprint density at radius 2 is 2.50 bits per heavy atom. The lowest BCUT2D eigenvalue weighted by Crippen LogP contribution is -2.09. The van der Waals surface area contributed by atoms with Crippen LogP contribution in [0.15, 0.2) is 12.2 Å². The van der Waals surface area contributed by atoms with Crippen LogP contribution in [-0.4, -0.2) is 18.9 Å². The molecule has 0 bridgehead atoms. The molecule has 0 heterocycles. The predicted molar refractivity (Wildman–Crippen MR) is 43.5 cm³/mol. The Balaban J connectivity index is 2.21. The van der Waals surface area contributed by atoms with E-state index in [1.807, 2.05) is 6.08 Å². The van der Waals surface area contributed by atoms with Crippen LogP contribution < -0.4 is 0 Å². The quantitative estimate of drug-likeness (QED) is 0.466. The maximum absolute atomic E-state index is 10.8. The van der Waals surface area contributed by atoms with Gasteiger partial charge in [-0.15, -0.1) is 0 Å². The lowest BCUT2D eigenvalue weighted by Gasteiger charge is -2.14. The molecule has 0 aromatic carbocycles. The van der Waals surface area contributed by atoms with Crippen LogP contribution in [-0.2, 0) is 14.3 Å². The second-order valence-corrected chi connectivity index (χ2v) is 2.88. The van der Waals surface area contributed by atoms with E-state index >= 15 is 0 Å². The van der Waals surface area contributed by atoms with E-state index in [0.29, 0.717) is 25.4 Å². The molecule has 0 saturated heterocycles. The van der Waals surface area contributed by atoms with Gasteiger partial charge < -0.3 is 4.74 Å².